The van der Waals surface area contributed by atoms with Crippen molar-refractivity contribution in [3.8, 4) is 11.5 Å². The molecule has 0 spiro atoms. The van der Waals surface area contributed by atoms with E-state index in [0.29, 0.717) is 24.6 Å². The fourth-order valence-corrected chi connectivity index (χ4v) is 3.39. The first-order valence-electron chi connectivity index (χ1n) is 8.86. The molecule has 4 rings (SSSR count). The molecule has 26 heavy (non-hydrogen) atoms. The monoisotopic (exact) mass is 351 g/mol. The van der Waals surface area contributed by atoms with Crippen LogP contribution in [0.3, 0.4) is 0 Å². The molecule has 0 aliphatic carbocycles. The van der Waals surface area contributed by atoms with E-state index >= 15 is 0 Å². The normalized spacial score (nSPS) is 16.0. The van der Waals surface area contributed by atoms with Gasteiger partial charge in [0.05, 0.1) is 19.3 Å². The highest BCUT2D eigenvalue weighted by atomic mass is 16.5. The van der Waals surface area contributed by atoms with Gasteiger partial charge in [0.25, 0.3) is 5.91 Å². The Hall–Kier alpha value is -2.95. The lowest BCUT2D eigenvalue weighted by atomic mass is 10.0. The third kappa shape index (κ3) is 2.90. The number of fused-ring (bicyclic) bond motifs is 2. The Morgan fingerprint density at radius 3 is 2.96 bits per heavy atom. The standard InChI is InChI=1S/C21H21NO4/c1-3-24-14-8-9-19-16(12-14)13(2)20(26-19)21(23)22-17-10-11-25-18-7-5-4-6-15(17)18/h4-9,12,17H,3,10-11H2,1-2H3,(H,22,23)/t17-/m1/s1. The first-order valence-corrected chi connectivity index (χ1v) is 8.86. The van der Waals surface area contributed by atoms with Gasteiger partial charge in [0, 0.05) is 22.9 Å². The second-order valence-electron chi connectivity index (χ2n) is 6.35. The summed E-state index contributed by atoms with van der Waals surface area (Å²) in [6.07, 6.45) is 0.733. The SMILES string of the molecule is CCOc1ccc2oc(C(=O)N[C@@H]3CCOc4ccccc43)c(C)c2c1. The molecule has 5 heteroatoms. The smallest absolute Gasteiger partial charge is 0.287 e. The van der Waals surface area contributed by atoms with Gasteiger partial charge in [-0.3, -0.25) is 4.79 Å². The second-order valence-corrected chi connectivity index (χ2v) is 6.35. The van der Waals surface area contributed by atoms with E-state index in [2.05, 4.69) is 5.32 Å². The molecule has 1 aromatic heterocycles. The average molecular weight is 351 g/mol. The lowest BCUT2D eigenvalue weighted by Crippen LogP contribution is -2.32. The Balaban J connectivity index is 1.62. The van der Waals surface area contributed by atoms with Gasteiger partial charge in [-0.1, -0.05) is 18.2 Å². The fraction of sp³-hybridized carbons (Fsp3) is 0.286. The molecule has 2 aromatic carbocycles. The third-order valence-corrected chi connectivity index (χ3v) is 4.69. The van der Waals surface area contributed by atoms with Gasteiger partial charge in [0.15, 0.2) is 5.76 Å². The highest BCUT2D eigenvalue weighted by Crippen LogP contribution is 2.33. The Bertz CT molecular complexity index is 960. The number of furan rings is 1. The van der Waals surface area contributed by atoms with Gasteiger partial charge >= 0.3 is 0 Å². The van der Waals surface area contributed by atoms with E-state index in [1.54, 1.807) is 0 Å². The molecule has 0 unspecified atom stereocenters. The van der Waals surface area contributed by atoms with Crippen molar-refractivity contribution >= 4 is 16.9 Å². The van der Waals surface area contributed by atoms with Gasteiger partial charge in [0.2, 0.25) is 0 Å². The summed E-state index contributed by atoms with van der Waals surface area (Å²) in [5, 5.41) is 3.99. The fourth-order valence-electron chi connectivity index (χ4n) is 3.39. The van der Waals surface area contributed by atoms with Gasteiger partial charge in [-0.15, -0.1) is 0 Å². The van der Waals surface area contributed by atoms with Crippen molar-refractivity contribution in [2.45, 2.75) is 26.3 Å². The van der Waals surface area contributed by atoms with Crippen molar-refractivity contribution in [3.05, 3.63) is 59.4 Å². The number of hydrogen-bond acceptors (Lipinski definition) is 4. The molecule has 1 amide bonds. The van der Waals surface area contributed by atoms with Crippen molar-refractivity contribution in [1.82, 2.24) is 5.32 Å². The number of benzene rings is 2. The summed E-state index contributed by atoms with van der Waals surface area (Å²) >= 11 is 0. The lowest BCUT2D eigenvalue weighted by molar-refractivity contribution is 0.0898. The molecule has 1 N–H and O–H groups in total. The van der Waals surface area contributed by atoms with E-state index in [-0.39, 0.29) is 11.9 Å². The number of nitrogens with one attached hydrogen (secondary N) is 1. The molecule has 0 bridgehead atoms. The van der Waals surface area contributed by atoms with Gasteiger partial charge < -0.3 is 19.2 Å². The molecule has 0 saturated carbocycles. The number of carbonyl (C=O) groups excluding carboxylic acids is 1. The lowest BCUT2D eigenvalue weighted by Gasteiger charge is -2.26. The predicted octanol–water partition coefficient (Wildman–Crippen LogP) is 4.39. The second kappa shape index (κ2) is 6.75. The summed E-state index contributed by atoms with van der Waals surface area (Å²) in [4.78, 5) is 12.8. The molecule has 0 fully saturated rings. The molecule has 134 valence electrons. The summed E-state index contributed by atoms with van der Waals surface area (Å²) in [6, 6.07) is 13.3. The van der Waals surface area contributed by atoms with Crippen molar-refractivity contribution in [2.24, 2.45) is 0 Å². The summed E-state index contributed by atoms with van der Waals surface area (Å²) < 4.78 is 17.0. The molecule has 5 nitrogen and oxygen atoms in total. The number of hydrogen-bond donors (Lipinski definition) is 1. The molecule has 1 atom stereocenters. The molecular formula is C21H21NO4. The number of para-hydroxylation sites is 1. The minimum absolute atomic E-state index is 0.0842. The van der Waals surface area contributed by atoms with Crippen LogP contribution in [0.1, 0.15) is 41.1 Å². The molecular weight excluding hydrogens is 330 g/mol. The van der Waals surface area contributed by atoms with Crippen LogP contribution in [0.15, 0.2) is 46.9 Å². The number of rotatable bonds is 4. The van der Waals surface area contributed by atoms with Crippen LogP contribution in [0, 0.1) is 6.92 Å². The van der Waals surface area contributed by atoms with Crippen molar-refractivity contribution in [3.63, 3.8) is 0 Å². The van der Waals surface area contributed by atoms with Crippen molar-refractivity contribution < 1.29 is 18.7 Å². The molecule has 0 radical (unpaired) electrons. The minimum atomic E-state index is -0.210. The van der Waals surface area contributed by atoms with Crippen molar-refractivity contribution in [2.75, 3.05) is 13.2 Å². The van der Waals surface area contributed by atoms with E-state index in [1.165, 1.54) is 0 Å². The van der Waals surface area contributed by atoms with Crippen LogP contribution >= 0.6 is 0 Å². The minimum Gasteiger partial charge on any atom is -0.494 e. The molecule has 2 heterocycles. The highest BCUT2D eigenvalue weighted by molar-refractivity contribution is 5.99. The van der Waals surface area contributed by atoms with Gasteiger partial charge in [-0.2, -0.15) is 0 Å². The average Bonchev–Trinajstić information content (AvgIpc) is 2.99. The Morgan fingerprint density at radius 2 is 2.12 bits per heavy atom. The van der Waals surface area contributed by atoms with Crippen LogP contribution in [0.4, 0.5) is 0 Å². The molecule has 3 aromatic rings. The zero-order chi connectivity index (χ0) is 18.1. The molecule has 1 aliphatic rings. The first kappa shape index (κ1) is 16.5. The van der Waals surface area contributed by atoms with Gasteiger partial charge in [-0.05, 0) is 38.1 Å². The topological polar surface area (TPSA) is 60.7 Å². The number of ether oxygens (including phenoxy) is 2. The highest BCUT2D eigenvalue weighted by Gasteiger charge is 2.26. The van der Waals surface area contributed by atoms with E-state index in [4.69, 9.17) is 13.9 Å². The Morgan fingerprint density at radius 1 is 1.27 bits per heavy atom. The van der Waals surface area contributed by atoms with Crippen LogP contribution < -0.4 is 14.8 Å². The quantitative estimate of drug-likeness (QED) is 0.757. The summed E-state index contributed by atoms with van der Waals surface area (Å²) in [7, 11) is 0. The molecule has 1 aliphatic heterocycles. The third-order valence-electron chi connectivity index (χ3n) is 4.69. The van der Waals surface area contributed by atoms with E-state index in [1.807, 2.05) is 56.3 Å². The summed E-state index contributed by atoms with van der Waals surface area (Å²) in [5.74, 6) is 1.73. The number of aryl methyl sites for hydroxylation is 1. The maximum absolute atomic E-state index is 12.8. The van der Waals surface area contributed by atoms with E-state index in [9.17, 15) is 4.79 Å². The number of amides is 1. The van der Waals surface area contributed by atoms with Crippen LogP contribution in [0.25, 0.3) is 11.0 Å². The maximum Gasteiger partial charge on any atom is 0.287 e. The number of carbonyl (C=O) groups is 1. The summed E-state index contributed by atoms with van der Waals surface area (Å²) in [6.45, 7) is 5.02. The predicted molar refractivity (Wildman–Crippen MR) is 98.9 cm³/mol. The van der Waals surface area contributed by atoms with Gasteiger partial charge in [-0.25, -0.2) is 0 Å². The van der Waals surface area contributed by atoms with Crippen LogP contribution in [-0.4, -0.2) is 19.1 Å². The largest absolute Gasteiger partial charge is 0.494 e. The Kier molecular flexibility index (Phi) is 4.29. The zero-order valence-corrected chi connectivity index (χ0v) is 14.9. The van der Waals surface area contributed by atoms with Gasteiger partial charge in [0.1, 0.15) is 17.1 Å². The summed E-state index contributed by atoms with van der Waals surface area (Å²) in [5.41, 5.74) is 2.50. The Labute approximate surface area is 151 Å². The first-order chi connectivity index (χ1) is 12.7. The van der Waals surface area contributed by atoms with Crippen LogP contribution in [-0.2, 0) is 0 Å². The van der Waals surface area contributed by atoms with E-state index in [0.717, 1.165) is 34.4 Å². The zero-order valence-electron chi connectivity index (χ0n) is 14.9. The van der Waals surface area contributed by atoms with Crippen LogP contribution in [0.2, 0.25) is 0 Å². The molecule has 0 saturated heterocycles. The maximum atomic E-state index is 12.8. The van der Waals surface area contributed by atoms with Crippen LogP contribution in [0.5, 0.6) is 11.5 Å². The van der Waals surface area contributed by atoms with E-state index < -0.39 is 0 Å². The van der Waals surface area contributed by atoms with Crippen molar-refractivity contribution in [1.29, 1.82) is 0 Å².